The van der Waals surface area contributed by atoms with Crippen LogP contribution in [0, 0.1) is 5.92 Å². The molecule has 1 fully saturated rings. The monoisotopic (exact) mass is 225 g/mol. The van der Waals surface area contributed by atoms with E-state index in [0.717, 1.165) is 12.8 Å². The Labute approximate surface area is 95.9 Å². The lowest BCUT2D eigenvalue weighted by atomic mass is 9.90. The van der Waals surface area contributed by atoms with Crippen molar-refractivity contribution in [2.75, 3.05) is 6.54 Å². The molecular weight excluding hydrogens is 206 g/mol. The van der Waals surface area contributed by atoms with Gasteiger partial charge >= 0.3 is 5.97 Å². The van der Waals surface area contributed by atoms with Crippen molar-refractivity contribution in [1.82, 2.24) is 4.90 Å². The van der Waals surface area contributed by atoms with Crippen LogP contribution in [0.15, 0.2) is 12.7 Å². The molecule has 0 bridgehead atoms. The SMILES string of the molecule is C=CCCC(=O)N1CCCC(C)C1C(=O)O. The van der Waals surface area contributed by atoms with E-state index in [4.69, 9.17) is 5.11 Å². The number of hydrogen-bond donors (Lipinski definition) is 1. The summed E-state index contributed by atoms with van der Waals surface area (Å²) in [6, 6.07) is -0.647. The molecule has 1 rings (SSSR count). The van der Waals surface area contributed by atoms with Crippen molar-refractivity contribution >= 4 is 11.9 Å². The molecule has 0 spiro atoms. The first-order chi connectivity index (χ1) is 7.57. The molecule has 0 aromatic rings. The first-order valence-electron chi connectivity index (χ1n) is 5.71. The third-order valence-corrected chi connectivity index (χ3v) is 3.07. The Morgan fingerprint density at radius 1 is 1.56 bits per heavy atom. The summed E-state index contributed by atoms with van der Waals surface area (Å²) >= 11 is 0. The number of carbonyl (C=O) groups excluding carboxylic acids is 1. The summed E-state index contributed by atoms with van der Waals surface area (Å²) in [4.78, 5) is 24.5. The van der Waals surface area contributed by atoms with E-state index in [-0.39, 0.29) is 11.8 Å². The third kappa shape index (κ3) is 2.84. The van der Waals surface area contributed by atoms with Gasteiger partial charge in [0.2, 0.25) is 5.91 Å². The van der Waals surface area contributed by atoms with Crippen molar-refractivity contribution < 1.29 is 14.7 Å². The number of allylic oxidation sites excluding steroid dienone is 1. The molecule has 4 heteroatoms. The van der Waals surface area contributed by atoms with Crippen LogP contribution in [-0.4, -0.2) is 34.5 Å². The Morgan fingerprint density at radius 3 is 2.81 bits per heavy atom. The van der Waals surface area contributed by atoms with E-state index in [1.807, 2.05) is 6.92 Å². The molecule has 0 aromatic carbocycles. The molecule has 1 aliphatic rings. The summed E-state index contributed by atoms with van der Waals surface area (Å²) < 4.78 is 0. The van der Waals surface area contributed by atoms with Crippen molar-refractivity contribution in [3.8, 4) is 0 Å². The van der Waals surface area contributed by atoms with Gasteiger partial charge in [-0.25, -0.2) is 4.79 Å². The van der Waals surface area contributed by atoms with Gasteiger partial charge in [0.15, 0.2) is 0 Å². The fourth-order valence-electron chi connectivity index (χ4n) is 2.21. The number of rotatable bonds is 4. The Morgan fingerprint density at radius 2 is 2.25 bits per heavy atom. The number of hydrogen-bond acceptors (Lipinski definition) is 2. The standard InChI is InChI=1S/C12H19NO3/c1-3-4-7-10(14)13-8-5-6-9(2)11(13)12(15)16/h3,9,11H,1,4-8H2,2H3,(H,15,16). The third-order valence-electron chi connectivity index (χ3n) is 3.07. The Hall–Kier alpha value is -1.32. The van der Waals surface area contributed by atoms with Crippen LogP contribution in [0.25, 0.3) is 0 Å². The van der Waals surface area contributed by atoms with Crippen LogP contribution >= 0.6 is 0 Å². The molecule has 1 aliphatic heterocycles. The highest BCUT2D eigenvalue weighted by atomic mass is 16.4. The maximum atomic E-state index is 11.8. The van der Waals surface area contributed by atoms with Crippen molar-refractivity contribution in [1.29, 1.82) is 0 Å². The van der Waals surface area contributed by atoms with Gasteiger partial charge in [0, 0.05) is 13.0 Å². The summed E-state index contributed by atoms with van der Waals surface area (Å²) in [6.07, 6.45) is 4.42. The van der Waals surface area contributed by atoms with Gasteiger partial charge in [0.05, 0.1) is 0 Å². The number of aliphatic carboxylic acids is 1. The average molecular weight is 225 g/mol. The molecule has 1 saturated heterocycles. The highest BCUT2D eigenvalue weighted by Crippen LogP contribution is 2.24. The maximum absolute atomic E-state index is 11.8. The van der Waals surface area contributed by atoms with Crippen molar-refractivity contribution in [2.45, 2.75) is 38.6 Å². The maximum Gasteiger partial charge on any atom is 0.326 e. The van der Waals surface area contributed by atoms with Crippen LogP contribution in [0.5, 0.6) is 0 Å². The summed E-state index contributed by atoms with van der Waals surface area (Å²) in [7, 11) is 0. The van der Waals surface area contributed by atoms with E-state index < -0.39 is 12.0 Å². The topological polar surface area (TPSA) is 57.6 Å². The van der Waals surface area contributed by atoms with Gasteiger partial charge in [-0.05, 0) is 25.2 Å². The molecule has 0 saturated carbocycles. The van der Waals surface area contributed by atoms with E-state index in [9.17, 15) is 9.59 Å². The van der Waals surface area contributed by atoms with Crippen molar-refractivity contribution in [2.24, 2.45) is 5.92 Å². The summed E-state index contributed by atoms with van der Waals surface area (Å²) in [5.74, 6) is -0.920. The molecule has 0 aliphatic carbocycles. The lowest BCUT2D eigenvalue weighted by Crippen LogP contribution is -2.51. The van der Waals surface area contributed by atoms with Crippen LogP contribution < -0.4 is 0 Å². The first kappa shape index (κ1) is 12.7. The Kier molecular flexibility index (Phi) is 4.52. The molecule has 1 amide bonds. The molecule has 1 heterocycles. The normalized spacial score (nSPS) is 25.2. The fourth-order valence-corrected chi connectivity index (χ4v) is 2.21. The average Bonchev–Trinajstić information content (AvgIpc) is 2.24. The highest BCUT2D eigenvalue weighted by Gasteiger charge is 2.36. The fraction of sp³-hybridized carbons (Fsp3) is 0.667. The first-order valence-corrected chi connectivity index (χ1v) is 5.71. The molecule has 2 unspecified atom stereocenters. The van der Waals surface area contributed by atoms with E-state index >= 15 is 0 Å². The lowest BCUT2D eigenvalue weighted by molar-refractivity contribution is -0.154. The van der Waals surface area contributed by atoms with Gasteiger partial charge in [0.25, 0.3) is 0 Å². The van der Waals surface area contributed by atoms with Gasteiger partial charge in [-0.2, -0.15) is 0 Å². The quantitative estimate of drug-likeness (QED) is 0.740. The van der Waals surface area contributed by atoms with Crippen LogP contribution in [-0.2, 0) is 9.59 Å². The predicted molar refractivity (Wildman–Crippen MR) is 61.0 cm³/mol. The molecule has 1 N–H and O–H groups in total. The van der Waals surface area contributed by atoms with E-state index in [0.29, 0.717) is 19.4 Å². The zero-order valence-corrected chi connectivity index (χ0v) is 9.69. The van der Waals surface area contributed by atoms with Crippen LogP contribution in [0.2, 0.25) is 0 Å². The second kappa shape index (κ2) is 5.68. The smallest absolute Gasteiger partial charge is 0.326 e. The van der Waals surface area contributed by atoms with Gasteiger partial charge in [0.1, 0.15) is 6.04 Å². The van der Waals surface area contributed by atoms with Crippen LogP contribution in [0.4, 0.5) is 0 Å². The van der Waals surface area contributed by atoms with Crippen molar-refractivity contribution in [3.63, 3.8) is 0 Å². The molecule has 2 atom stereocenters. The van der Waals surface area contributed by atoms with E-state index in [2.05, 4.69) is 6.58 Å². The zero-order chi connectivity index (χ0) is 12.1. The van der Waals surface area contributed by atoms with Gasteiger partial charge < -0.3 is 10.0 Å². The summed E-state index contributed by atoms with van der Waals surface area (Å²) in [6.45, 7) is 6.02. The second-order valence-electron chi connectivity index (χ2n) is 4.32. The molecule has 0 radical (unpaired) electrons. The van der Waals surface area contributed by atoms with Crippen LogP contribution in [0.3, 0.4) is 0 Å². The minimum Gasteiger partial charge on any atom is -0.480 e. The largest absolute Gasteiger partial charge is 0.480 e. The number of amides is 1. The van der Waals surface area contributed by atoms with Crippen LogP contribution in [0.1, 0.15) is 32.6 Å². The van der Waals surface area contributed by atoms with E-state index in [1.165, 1.54) is 4.90 Å². The number of piperidine rings is 1. The molecule has 16 heavy (non-hydrogen) atoms. The van der Waals surface area contributed by atoms with Gasteiger partial charge in [-0.1, -0.05) is 13.0 Å². The predicted octanol–water partition coefficient (Wildman–Crippen LogP) is 1.66. The number of nitrogens with zero attached hydrogens (tertiary/aromatic N) is 1. The molecule has 4 nitrogen and oxygen atoms in total. The summed E-state index contributed by atoms with van der Waals surface area (Å²) in [5.41, 5.74) is 0. The molecule has 90 valence electrons. The second-order valence-corrected chi connectivity index (χ2v) is 4.32. The minimum atomic E-state index is -0.890. The lowest BCUT2D eigenvalue weighted by Gasteiger charge is -2.37. The van der Waals surface area contributed by atoms with Gasteiger partial charge in [-0.15, -0.1) is 6.58 Å². The van der Waals surface area contributed by atoms with Gasteiger partial charge in [-0.3, -0.25) is 4.79 Å². The Balaban J connectivity index is 2.70. The minimum absolute atomic E-state index is 0.0407. The highest BCUT2D eigenvalue weighted by molar-refractivity contribution is 5.84. The molecular formula is C12H19NO3. The summed E-state index contributed by atoms with van der Waals surface area (Å²) in [5, 5.41) is 9.14. The Bertz CT molecular complexity index is 288. The number of carboxylic acids is 1. The number of carboxylic acid groups (broad SMARTS) is 1. The number of likely N-dealkylation sites (tertiary alicyclic amines) is 1. The number of carbonyl (C=O) groups is 2. The van der Waals surface area contributed by atoms with Crippen molar-refractivity contribution in [3.05, 3.63) is 12.7 Å². The zero-order valence-electron chi connectivity index (χ0n) is 9.69. The van der Waals surface area contributed by atoms with E-state index in [1.54, 1.807) is 6.08 Å². The molecule has 0 aromatic heterocycles.